The zero-order valence-corrected chi connectivity index (χ0v) is 14.8. The summed E-state index contributed by atoms with van der Waals surface area (Å²) in [4.78, 5) is 16.4. The molecule has 0 radical (unpaired) electrons. The van der Waals surface area contributed by atoms with Gasteiger partial charge in [-0.2, -0.15) is 15.0 Å². The average molecular weight is 340 g/mol. The number of hydrogen-bond acceptors (Lipinski definition) is 6. The summed E-state index contributed by atoms with van der Waals surface area (Å²) in [6, 6.07) is 0.347. The molecule has 0 aromatic carbocycles. The summed E-state index contributed by atoms with van der Waals surface area (Å²) in [6.45, 7) is 6.18. The number of rotatable bonds is 2. The highest BCUT2D eigenvalue weighted by molar-refractivity contribution is 7.19. The van der Waals surface area contributed by atoms with Crippen LogP contribution in [0.25, 0.3) is 10.2 Å². The Morgan fingerprint density at radius 1 is 1.17 bits per heavy atom. The Morgan fingerprint density at radius 2 is 1.96 bits per heavy atom. The average Bonchev–Trinajstić information content (AvgIpc) is 3.12. The summed E-state index contributed by atoms with van der Waals surface area (Å²) < 4.78 is 0. The van der Waals surface area contributed by atoms with Crippen LogP contribution < -0.4 is 4.90 Å². The largest absolute Gasteiger partial charge is 0.351 e. The molecule has 1 saturated heterocycles. The Labute approximate surface area is 144 Å². The van der Waals surface area contributed by atoms with Crippen molar-refractivity contribution in [3.8, 4) is 0 Å². The van der Waals surface area contributed by atoms with E-state index in [4.69, 9.17) is 9.97 Å². The lowest BCUT2D eigenvalue weighted by atomic mass is 9.89. The van der Waals surface area contributed by atoms with Crippen LogP contribution in [-0.4, -0.2) is 38.1 Å². The van der Waals surface area contributed by atoms with Crippen LogP contribution in [0.3, 0.4) is 0 Å². The van der Waals surface area contributed by atoms with Gasteiger partial charge in [-0.25, -0.2) is 9.97 Å². The number of thiophene rings is 1. The van der Waals surface area contributed by atoms with E-state index >= 15 is 0 Å². The van der Waals surface area contributed by atoms with Crippen molar-refractivity contribution in [1.82, 2.24) is 25.0 Å². The van der Waals surface area contributed by atoms with Gasteiger partial charge in [0.05, 0.1) is 17.8 Å². The van der Waals surface area contributed by atoms with Crippen molar-refractivity contribution in [2.75, 3.05) is 18.0 Å². The highest BCUT2D eigenvalue weighted by Gasteiger charge is 2.33. The fourth-order valence-electron chi connectivity index (χ4n) is 3.84. The number of hydrogen-bond donors (Lipinski definition) is 0. The van der Waals surface area contributed by atoms with Crippen molar-refractivity contribution < 1.29 is 0 Å². The fraction of sp³-hybridized carbons (Fsp3) is 0.529. The van der Waals surface area contributed by atoms with Gasteiger partial charge in [0.25, 0.3) is 0 Å². The molecular formula is C17H20N6S. The van der Waals surface area contributed by atoms with Gasteiger partial charge >= 0.3 is 0 Å². The predicted molar refractivity (Wildman–Crippen MR) is 94.6 cm³/mol. The SMILES string of the molecule is Cc1nc(N2CC(n3nccn3)C2)c2c3c(sc2n1)CC(C)CC3. The van der Waals surface area contributed by atoms with Gasteiger partial charge in [0.15, 0.2) is 0 Å². The van der Waals surface area contributed by atoms with Crippen molar-refractivity contribution in [3.63, 3.8) is 0 Å². The number of fused-ring (bicyclic) bond motifs is 3. The molecule has 0 bridgehead atoms. The molecule has 0 saturated carbocycles. The van der Waals surface area contributed by atoms with E-state index in [9.17, 15) is 0 Å². The molecule has 3 aromatic rings. The van der Waals surface area contributed by atoms with E-state index in [0.29, 0.717) is 6.04 Å². The number of aryl methyl sites for hydroxylation is 2. The number of aromatic nitrogens is 5. The second kappa shape index (κ2) is 5.24. The van der Waals surface area contributed by atoms with Crippen LogP contribution in [0.4, 0.5) is 5.82 Å². The van der Waals surface area contributed by atoms with Gasteiger partial charge in [-0.1, -0.05) is 6.92 Å². The van der Waals surface area contributed by atoms with Gasteiger partial charge in [-0.3, -0.25) is 0 Å². The lowest BCUT2D eigenvalue weighted by Crippen LogP contribution is -2.49. The molecule has 1 atom stereocenters. The summed E-state index contributed by atoms with van der Waals surface area (Å²) in [5, 5.41) is 9.83. The van der Waals surface area contributed by atoms with Gasteiger partial charge in [0, 0.05) is 18.0 Å². The molecule has 1 aliphatic carbocycles. The first-order valence-corrected chi connectivity index (χ1v) is 9.40. The maximum Gasteiger partial charge on any atom is 0.141 e. The van der Waals surface area contributed by atoms with Gasteiger partial charge in [0.1, 0.15) is 22.5 Å². The van der Waals surface area contributed by atoms with Crippen LogP contribution in [-0.2, 0) is 12.8 Å². The van der Waals surface area contributed by atoms with Gasteiger partial charge in [-0.05, 0) is 37.7 Å². The van der Waals surface area contributed by atoms with E-state index in [1.165, 1.54) is 28.7 Å². The highest BCUT2D eigenvalue weighted by Crippen LogP contribution is 2.42. The molecule has 2 aliphatic rings. The Kier molecular flexibility index (Phi) is 3.13. The minimum Gasteiger partial charge on any atom is -0.351 e. The van der Waals surface area contributed by atoms with Crippen molar-refractivity contribution in [3.05, 3.63) is 28.7 Å². The predicted octanol–water partition coefficient (Wildman–Crippen LogP) is 2.78. The third-order valence-corrected chi connectivity index (χ3v) is 6.32. The number of anilines is 1. The third kappa shape index (κ3) is 2.14. The molecule has 1 unspecified atom stereocenters. The zero-order valence-electron chi connectivity index (χ0n) is 13.9. The van der Waals surface area contributed by atoms with E-state index in [1.54, 1.807) is 12.4 Å². The molecule has 1 fully saturated rings. The monoisotopic (exact) mass is 340 g/mol. The molecule has 4 heterocycles. The highest BCUT2D eigenvalue weighted by atomic mass is 32.1. The molecule has 24 heavy (non-hydrogen) atoms. The molecule has 6 nitrogen and oxygen atoms in total. The normalized spacial score (nSPS) is 21.1. The van der Waals surface area contributed by atoms with Crippen molar-refractivity contribution in [2.24, 2.45) is 5.92 Å². The van der Waals surface area contributed by atoms with Gasteiger partial charge in [-0.15, -0.1) is 11.3 Å². The minimum absolute atomic E-state index is 0.347. The van der Waals surface area contributed by atoms with Crippen LogP contribution in [0, 0.1) is 12.8 Å². The van der Waals surface area contributed by atoms with E-state index in [0.717, 1.165) is 41.9 Å². The molecule has 0 amide bonds. The minimum atomic E-state index is 0.347. The van der Waals surface area contributed by atoms with Crippen LogP contribution in [0.15, 0.2) is 12.4 Å². The van der Waals surface area contributed by atoms with Crippen molar-refractivity contribution in [2.45, 2.75) is 39.2 Å². The second-order valence-electron chi connectivity index (χ2n) is 7.03. The van der Waals surface area contributed by atoms with Gasteiger partial charge < -0.3 is 4.90 Å². The number of nitrogens with zero attached hydrogens (tertiary/aromatic N) is 6. The van der Waals surface area contributed by atoms with E-state index in [2.05, 4.69) is 22.0 Å². The maximum absolute atomic E-state index is 4.81. The summed E-state index contributed by atoms with van der Waals surface area (Å²) in [7, 11) is 0. The standard InChI is InChI=1S/C17H20N6S/c1-10-3-4-13-14(7-10)24-17-15(13)16(20-11(2)21-17)22-8-12(9-22)23-18-5-6-19-23/h5-6,10,12H,3-4,7-9H2,1-2H3. The molecule has 3 aromatic heterocycles. The Morgan fingerprint density at radius 3 is 2.75 bits per heavy atom. The van der Waals surface area contributed by atoms with E-state index in [-0.39, 0.29) is 0 Å². The molecule has 1 aliphatic heterocycles. The summed E-state index contributed by atoms with van der Waals surface area (Å²) in [6.07, 6.45) is 7.10. The molecule has 5 rings (SSSR count). The third-order valence-electron chi connectivity index (χ3n) is 5.17. The summed E-state index contributed by atoms with van der Waals surface area (Å²) in [5.74, 6) is 2.76. The first-order chi connectivity index (χ1) is 11.7. The maximum atomic E-state index is 4.81. The van der Waals surface area contributed by atoms with E-state index in [1.807, 2.05) is 23.1 Å². The molecule has 0 spiro atoms. The summed E-state index contributed by atoms with van der Waals surface area (Å²) in [5.41, 5.74) is 1.50. The quantitative estimate of drug-likeness (QED) is 0.718. The van der Waals surface area contributed by atoms with Crippen LogP contribution >= 0.6 is 11.3 Å². The van der Waals surface area contributed by atoms with Crippen LogP contribution in [0.1, 0.15) is 35.7 Å². The fourth-order valence-corrected chi connectivity index (χ4v) is 5.27. The zero-order chi connectivity index (χ0) is 16.3. The second-order valence-corrected chi connectivity index (χ2v) is 8.12. The summed E-state index contributed by atoms with van der Waals surface area (Å²) >= 11 is 1.87. The van der Waals surface area contributed by atoms with Gasteiger partial charge in [0.2, 0.25) is 0 Å². The lowest BCUT2D eigenvalue weighted by Gasteiger charge is -2.39. The topological polar surface area (TPSA) is 59.7 Å². The first kappa shape index (κ1) is 14.3. The molecule has 7 heteroatoms. The Bertz CT molecular complexity index is 894. The van der Waals surface area contributed by atoms with E-state index < -0.39 is 0 Å². The smallest absolute Gasteiger partial charge is 0.141 e. The lowest BCUT2D eigenvalue weighted by molar-refractivity contribution is 0.331. The van der Waals surface area contributed by atoms with Crippen LogP contribution in [0.2, 0.25) is 0 Å². The Hall–Kier alpha value is -2.02. The molecule has 124 valence electrons. The Balaban J connectivity index is 1.54. The molecule has 0 N–H and O–H groups in total. The van der Waals surface area contributed by atoms with Crippen LogP contribution in [0.5, 0.6) is 0 Å². The first-order valence-electron chi connectivity index (χ1n) is 8.58. The van der Waals surface area contributed by atoms with Crippen molar-refractivity contribution in [1.29, 1.82) is 0 Å². The molecular weight excluding hydrogens is 320 g/mol. The van der Waals surface area contributed by atoms with Crippen molar-refractivity contribution >= 4 is 27.4 Å².